The van der Waals surface area contributed by atoms with E-state index in [2.05, 4.69) is 22.1 Å². The van der Waals surface area contributed by atoms with Gasteiger partial charge in [-0.1, -0.05) is 12.2 Å². The first-order chi connectivity index (χ1) is 6.92. The summed E-state index contributed by atoms with van der Waals surface area (Å²) in [4.78, 5) is 7.29. The first kappa shape index (κ1) is 9.28. The maximum absolute atomic E-state index is 5.60. The minimum absolute atomic E-state index is 0.665. The van der Waals surface area contributed by atoms with Gasteiger partial charge in [-0.3, -0.25) is 0 Å². The second kappa shape index (κ2) is 4.29. The third-order valence-electron chi connectivity index (χ3n) is 2.07. The molecule has 0 saturated carbocycles. The van der Waals surface area contributed by atoms with E-state index in [0.29, 0.717) is 5.88 Å². The van der Waals surface area contributed by atoms with E-state index < -0.39 is 0 Å². The van der Waals surface area contributed by atoms with Crippen LogP contribution in [0.15, 0.2) is 30.6 Å². The van der Waals surface area contributed by atoms with E-state index in [1.54, 1.807) is 6.20 Å². The number of pyridine rings is 1. The van der Waals surface area contributed by atoms with Gasteiger partial charge >= 0.3 is 0 Å². The van der Waals surface area contributed by atoms with Crippen molar-refractivity contribution in [3.8, 4) is 0 Å². The SMILES string of the molecule is ClCCC=Cc1ccnc2[nH]ccc12. The van der Waals surface area contributed by atoms with Crippen molar-refractivity contribution in [2.24, 2.45) is 0 Å². The summed E-state index contributed by atoms with van der Waals surface area (Å²) < 4.78 is 0. The quantitative estimate of drug-likeness (QED) is 0.768. The summed E-state index contributed by atoms with van der Waals surface area (Å²) in [7, 11) is 0. The molecule has 0 amide bonds. The molecular formula is C11H11ClN2. The predicted octanol–water partition coefficient (Wildman–Crippen LogP) is 3.21. The van der Waals surface area contributed by atoms with E-state index in [9.17, 15) is 0 Å². The smallest absolute Gasteiger partial charge is 0.137 e. The Bertz CT molecular complexity index is 445. The van der Waals surface area contributed by atoms with E-state index in [1.165, 1.54) is 5.56 Å². The highest BCUT2D eigenvalue weighted by molar-refractivity contribution is 6.17. The van der Waals surface area contributed by atoms with Crippen molar-refractivity contribution in [1.29, 1.82) is 0 Å². The molecule has 0 fully saturated rings. The number of halogens is 1. The Kier molecular flexibility index (Phi) is 2.84. The van der Waals surface area contributed by atoms with Gasteiger partial charge in [-0.25, -0.2) is 4.98 Å². The molecule has 72 valence electrons. The molecule has 0 aliphatic heterocycles. The lowest BCUT2D eigenvalue weighted by Gasteiger charge is -1.94. The van der Waals surface area contributed by atoms with Crippen LogP contribution < -0.4 is 0 Å². The standard InChI is InChI=1S/C11H11ClN2/c12-6-2-1-3-9-4-7-13-11-10(9)5-8-14-11/h1,3-5,7-8H,2,6H2,(H,13,14). The van der Waals surface area contributed by atoms with Gasteiger partial charge in [0.1, 0.15) is 5.65 Å². The Hall–Kier alpha value is -1.28. The molecule has 14 heavy (non-hydrogen) atoms. The van der Waals surface area contributed by atoms with Gasteiger partial charge in [0.05, 0.1) is 0 Å². The van der Waals surface area contributed by atoms with Gasteiger partial charge in [0.25, 0.3) is 0 Å². The van der Waals surface area contributed by atoms with Gasteiger partial charge in [-0.05, 0) is 24.1 Å². The molecule has 2 heterocycles. The molecule has 0 saturated heterocycles. The van der Waals surface area contributed by atoms with E-state index in [1.807, 2.05) is 18.3 Å². The third kappa shape index (κ3) is 1.80. The fourth-order valence-electron chi connectivity index (χ4n) is 1.40. The number of hydrogen-bond donors (Lipinski definition) is 1. The summed E-state index contributed by atoms with van der Waals surface area (Å²) in [6.45, 7) is 0. The minimum Gasteiger partial charge on any atom is -0.346 e. The van der Waals surface area contributed by atoms with Gasteiger partial charge in [-0.15, -0.1) is 11.6 Å². The average Bonchev–Trinajstić information content (AvgIpc) is 2.67. The molecule has 2 aromatic rings. The van der Waals surface area contributed by atoms with Crippen molar-refractivity contribution in [3.05, 3.63) is 36.2 Å². The Balaban J connectivity index is 2.36. The number of aromatic amines is 1. The first-order valence-corrected chi connectivity index (χ1v) is 5.10. The number of nitrogens with zero attached hydrogens (tertiary/aromatic N) is 1. The van der Waals surface area contributed by atoms with Crippen molar-refractivity contribution in [2.75, 3.05) is 5.88 Å². The number of aromatic nitrogens is 2. The topological polar surface area (TPSA) is 28.7 Å². The maximum Gasteiger partial charge on any atom is 0.137 e. The summed E-state index contributed by atoms with van der Waals surface area (Å²) in [6.07, 6.45) is 8.76. The molecule has 0 bridgehead atoms. The van der Waals surface area contributed by atoms with Crippen molar-refractivity contribution in [3.63, 3.8) is 0 Å². The molecular weight excluding hydrogens is 196 g/mol. The van der Waals surface area contributed by atoms with E-state index >= 15 is 0 Å². The molecule has 0 aliphatic carbocycles. The summed E-state index contributed by atoms with van der Waals surface area (Å²) in [5.41, 5.74) is 2.11. The fraction of sp³-hybridized carbons (Fsp3) is 0.182. The maximum atomic E-state index is 5.60. The minimum atomic E-state index is 0.665. The summed E-state index contributed by atoms with van der Waals surface area (Å²) >= 11 is 5.60. The van der Waals surface area contributed by atoms with Crippen LogP contribution in [0.4, 0.5) is 0 Å². The number of allylic oxidation sites excluding steroid dienone is 1. The van der Waals surface area contributed by atoms with E-state index in [-0.39, 0.29) is 0 Å². The van der Waals surface area contributed by atoms with Crippen LogP contribution in [0.25, 0.3) is 17.1 Å². The Morgan fingerprint density at radius 3 is 3.21 bits per heavy atom. The highest BCUT2D eigenvalue weighted by atomic mass is 35.5. The second-order valence-electron chi connectivity index (χ2n) is 3.02. The molecule has 0 spiro atoms. The van der Waals surface area contributed by atoms with Crippen molar-refractivity contribution in [1.82, 2.24) is 9.97 Å². The molecule has 2 aromatic heterocycles. The molecule has 2 nitrogen and oxygen atoms in total. The van der Waals surface area contributed by atoms with Gasteiger partial charge < -0.3 is 4.98 Å². The van der Waals surface area contributed by atoms with Crippen LogP contribution in [-0.2, 0) is 0 Å². The molecule has 0 atom stereocenters. The van der Waals surface area contributed by atoms with Gasteiger partial charge in [-0.2, -0.15) is 0 Å². The lowest BCUT2D eigenvalue weighted by molar-refractivity contribution is 1.24. The fourth-order valence-corrected chi connectivity index (χ4v) is 1.53. The summed E-state index contributed by atoms with van der Waals surface area (Å²) in [5, 5.41) is 1.15. The lowest BCUT2D eigenvalue weighted by atomic mass is 10.1. The second-order valence-corrected chi connectivity index (χ2v) is 3.40. The van der Waals surface area contributed by atoms with Crippen molar-refractivity contribution >= 4 is 28.7 Å². The Labute approximate surface area is 87.6 Å². The van der Waals surface area contributed by atoms with E-state index in [0.717, 1.165) is 17.5 Å². The number of H-pyrrole nitrogens is 1. The summed E-state index contributed by atoms with van der Waals surface area (Å²) in [6, 6.07) is 4.03. The molecule has 0 aliphatic rings. The number of alkyl halides is 1. The molecule has 0 radical (unpaired) electrons. The monoisotopic (exact) mass is 206 g/mol. The van der Waals surface area contributed by atoms with Crippen LogP contribution >= 0.6 is 11.6 Å². The zero-order valence-electron chi connectivity index (χ0n) is 7.70. The van der Waals surface area contributed by atoms with Gasteiger partial charge in [0, 0.05) is 23.7 Å². The highest BCUT2D eigenvalue weighted by Crippen LogP contribution is 2.16. The Morgan fingerprint density at radius 1 is 1.43 bits per heavy atom. The zero-order chi connectivity index (χ0) is 9.80. The molecule has 2 rings (SSSR count). The molecule has 0 aromatic carbocycles. The van der Waals surface area contributed by atoms with Gasteiger partial charge in [0.15, 0.2) is 0 Å². The van der Waals surface area contributed by atoms with Crippen LogP contribution in [0.3, 0.4) is 0 Å². The average molecular weight is 207 g/mol. The zero-order valence-corrected chi connectivity index (χ0v) is 8.46. The highest BCUT2D eigenvalue weighted by Gasteiger charge is 1.98. The van der Waals surface area contributed by atoms with Crippen molar-refractivity contribution in [2.45, 2.75) is 6.42 Å². The van der Waals surface area contributed by atoms with Crippen LogP contribution in [0, 0.1) is 0 Å². The van der Waals surface area contributed by atoms with Crippen LogP contribution in [0.1, 0.15) is 12.0 Å². The van der Waals surface area contributed by atoms with E-state index in [4.69, 9.17) is 11.6 Å². The molecule has 3 heteroatoms. The number of fused-ring (bicyclic) bond motifs is 1. The Morgan fingerprint density at radius 2 is 2.36 bits per heavy atom. The molecule has 1 N–H and O–H groups in total. The third-order valence-corrected chi connectivity index (χ3v) is 2.29. The van der Waals surface area contributed by atoms with Gasteiger partial charge in [0.2, 0.25) is 0 Å². The van der Waals surface area contributed by atoms with Crippen LogP contribution in [0.2, 0.25) is 0 Å². The van der Waals surface area contributed by atoms with Crippen molar-refractivity contribution < 1.29 is 0 Å². The van der Waals surface area contributed by atoms with Crippen LogP contribution in [-0.4, -0.2) is 15.8 Å². The molecule has 0 unspecified atom stereocenters. The summed E-state index contributed by atoms with van der Waals surface area (Å²) in [5.74, 6) is 0.665. The van der Waals surface area contributed by atoms with Crippen LogP contribution in [0.5, 0.6) is 0 Å². The lowest BCUT2D eigenvalue weighted by Crippen LogP contribution is -1.79. The largest absolute Gasteiger partial charge is 0.346 e. The first-order valence-electron chi connectivity index (χ1n) is 4.56. The predicted molar refractivity (Wildman–Crippen MR) is 60.5 cm³/mol. The number of rotatable bonds is 3. The number of nitrogens with one attached hydrogen (secondary N) is 1. The normalized spacial score (nSPS) is 11.5. The number of hydrogen-bond acceptors (Lipinski definition) is 1.